The predicted molar refractivity (Wildman–Crippen MR) is 62.0 cm³/mol. The van der Waals surface area contributed by atoms with Crippen LogP contribution in [0.15, 0.2) is 18.2 Å². The number of nitrogens with one attached hydrogen (secondary N) is 1. The molecule has 80 valence electrons. The second-order valence-corrected chi connectivity index (χ2v) is 4.21. The molecule has 0 bridgehead atoms. The maximum atomic E-state index is 11.0. The number of carbonyl (C=O) groups is 2. The van der Waals surface area contributed by atoms with E-state index in [0.717, 1.165) is 9.75 Å². The van der Waals surface area contributed by atoms with Gasteiger partial charge in [0.15, 0.2) is 5.78 Å². The van der Waals surface area contributed by atoms with Gasteiger partial charge in [-0.3, -0.25) is 9.59 Å². The monoisotopic (exact) mass is 223 g/mol. The van der Waals surface area contributed by atoms with Crippen LogP contribution in [0.1, 0.15) is 28.4 Å². The summed E-state index contributed by atoms with van der Waals surface area (Å²) in [6.45, 7) is 3.55. The number of amides is 1. The fourth-order valence-corrected chi connectivity index (χ4v) is 1.84. The van der Waals surface area contributed by atoms with Gasteiger partial charge in [0.25, 0.3) is 0 Å². The summed E-state index contributed by atoms with van der Waals surface area (Å²) in [4.78, 5) is 23.3. The average molecular weight is 223 g/mol. The van der Waals surface area contributed by atoms with Crippen molar-refractivity contribution >= 4 is 29.1 Å². The average Bonchev–Trinajstić information content (AvgIpc) is 2.60. The van der Waals surface area contributed by atoms with Gasteiger partial charge in [0.1, 0.15) is 0 Å². The van der Waals surface area contributed by atoms with E-state index in [4.69, 9.17) is 0 Å². The van der Waals surface area contributed by atoms with Crippen molar-refractivity contribution in [3.05, 3.63) is 28.0 Å². The Morgan fingerprint density at radius 3 is 2.67 bits per heavy atom. The SMILES string of the molecule is CC(=O)NCC=Cc1ccc(C(C)=O)s1. The van der Waals surface area contributed by atoms with Gasteiger partial charge in [-0.25, -0.2) is 0 Å². The summed E-state index contributed by atoms with van der Waals surface area (Å²) in [6.07, 6.45) is 3.75. The number of Topliss-reactive ketones (excluding diaryl/α,β-unsaturated/α-hetero) is 1. The lowest BCUT2D eigenvalue weighted by molar-refractivity contribution is -0.118. The first kappa shape index (κ1) is 11.7. The fourth-order valence-electron chi connectivity index (χ4n) is 1.01. The third-order valence-corrected chi connectivity index (χ3v) is 2.88. The van der Waals surface area contributed by atoms with Gasteiger partial charge >= 0.3 is 0 Å². The second-order valence-electron chi connectivity index (χ2n) is 3.10. The van der Waals surface area contributed by atoms with E-state index in [1.165, 1.54) is 18.3 Å². The van der Waals surface area contributed by atoms with E-state index < -0.39 is 0 Å². The normalized spacial score (nSPS) is 10.5. The number of thiophene rings is 1. The molecule has 3 nitrogen and oxygen atoms in total. The van der Waals surface area contributed by atoms with E-state index in [1.54, 1.807) is 6.92 Å². The molecule has 0 unspecified atom stereocenters. The molecule has 0 fully saturated rings. The smallest absolute Gasteiger partial charge is 0.217 e. The van der Waals surface area contributed by atoms with Crippen molar-refractivity contribution in [2.75, 3.05) is 6.54 Å². The number of rotatable bonds is 4. The van der Waals surface area contributed by atoms with Crippen LogP contribution in [0, 0.1) is 0 Å². The maximum Gasteiger partial charge on any atom is 0.217 e. The van der Waals surface area contributed by atoms with Gasteiger partial charge in [-0.1, -0.05) is 6.08 Å². The van der Waals surface area contributed by atoms with Gasteiger partial charge in [0.2, 0.25) is 5.91 Å². The van der Waals surface area contributed by atoms with Crippen LogP contribution < -0.4 is 5.32 Å². The third kappa shape index (κ3) is 4.08. The minimum Gasteiger partial charge on any atom is -0.353 e. The molecular formula is C11H13NO2S. The lowest BCUT2D eigenvalue weighted by Crippen LogP contribution is -2.19. The van der Waals surface area contributed by atoms with E-state index >= 15 is 0 Å². The molecule has 1 aromatic heterocycles. The van der Waals surface area contributed by atoms with Gasteiger partial charge in [-0.05, 0) is 25.1 Å². The molecule has 0 atom stereocenters. The fraction of sp³-hybridized carbons (Fsp3) is 0.273. The molecule has 0 saturated heterocycles. The zero-order valence-electron chi connectivity index (χ0n) is 8.74. The van der Waals surface area contributed by atoms with Crippen molar-refractivity contribution in [1.82, 2.24) is 5.32 Å². The molecule has 0 aliphatic heterocycles. The molecule has 1 rings (SSSR count). The molecular weight excluding hydrogens is 210 g/mol. The van der Waals surface area contributed by atoms with Crippen LogP contribution in [0.4, 0.5) is 0 Å². The molecule has 1 N–H and O–H groups in total. The van der Waals surface area contributed by atoms with E-state index in [2.05, 4.69) is 5.32 Å². The molecule has 0 spiro atoms. The highest BCUT2D eigenvalue weighted by Crippen LogP contribution is 2.17. The summed E-state index contributed by atoms with van der Waals surface area (Å²) in [7, 11) is 0. The van der Waals surface area contributed by atoms with Crippen molar-refractivity contribution < 1.29 is 9.59 Å². The minimum atomic E-state index is -0.0461. The molecule has 1 amide bonds. The van der Waals surface area contributed by atoms with Gasteiger partial charge in [0, 0.05) is 18.3 Å². The standard InChI is InChI=1S/C11H13NO2S/c1-8(13)11-6-5-10(15-11)4-3-7-12-9(2)14/h3-6H,7H2,1-2H3,(H,12,14). The van der Waals surface area contributed by atoms with Crippen LogP contribution in [-0.2, 0) is 4.79 Å². The lowest BCUT2D eigenvalue weighted by atomic mass is 10.3. The Balaban J connectivity index is 2.50. The largest absolute Gasteiger partial charge is 0.353 e. The maximum absolute atomic E-state index is 11.0. The van der Waals surface area contributed by atoms with Crippen molar-refractivity contribution in [2.45, 2.75) is 13.8 Å². The molecule has 0 aromatic carbocycles. The molecule has 0 aliphatic carbocycles. The van der Waals surface area contributed by atoms with Gasteiger partial charge in [-0.15, -0.1) is 11.3 Å². The quantitative estimate of drug-likeness (QED) is 0.794. The topological polar surface area (TPSA) is 46.2 Å². The minimum absolute atomic E-state index is 0.0461. The first-order valence-corrected chi connectivity index (χ1v) is 5.43. The Kier molecular flexibility index (Phi) is 4.24. The molecule has 0 radical (unpaired) electrons. The Morgan fingerprint density at radius 2 is 2.13 bits per heavy atom. The van der Waals surface area contributed by atoms with E-state index in [-0.39, 0.29) is 11.7 Å². The van der Waals surface area contributed by atoms with Crippen LogP contribution in [0.2, 0.25) is 0 Å². The summed E-state index contributed by atoms with van der Waals surface area (Å²) >= 11 is 1.45. The molecule has 0 aliphatic rings. The Morgan fingerprint density at radius 1 is 1.40 bits per heavy atom. The summed E-state index contributed by atoms with van der Waals surface area (Å²) in [5.74, 6) is 0.0387. The van der Waals surface area contributed by atoms with E-state index in [9.17, 15) is 9.59 Å². The Labute approximate surface area is 92.8 Å². The highest BCUT2D eigenvalue weighted by molar-refractivity contribution is 7.14. The molecule has 1 aromatic rings. The Hall–Kier alpha value is -1.42. The predicted octanol–water partition coefficient (Wildman–Crippen LogP) is 2.10. The molecule has 15 heavy (non-hydrogen) atoms. The number of hydrogen-bond acceptors (Lipinski definition) is 3. The first-order chi connectivity index (χ1) is 7.09. The summed E-state index contributed by atoms with van der Waals surface area (Å²) in [5, 5.41) is 2.66. The molecule has 0 saturated carbocycles. The van der Waals surface area contributed by atoms with Gasteiger partial charge in [-0.2, -0.15) is 0 Å². The molecule has 1 heterocycles. The summed E-state index contributed by atoms with van der Waals surface area (Å²) in [6, 6.07) is 3.71. The van der Waals surface area contributed by atoms with Crippen molar-refractivity contribution in [2.24, 2.45) is 0 Å². The van der Waals surface area contributed by atoms with E-state index in [0.29, 0.717) is 6.54 Å². The van der Waals surface area contributed by atoms with Crippen LogP contribution in [-0.4, -0.2) is 18.2 Å². The van der Waals surface area contributed by atoms with Crippen LogP contribution in [0.3, 0.4) is 0 Å². The molecule has 4 heteroatoms. The first-order valence-electron chi connectivity index (χ1n) is 4.61. The van der Waals surface area contributed by atoms with E-state index in [1.807, 2.05) is 24.3 Å². The number of carbonyl (C=O) groups excluding carboxylic acids is 2. The van der Waals surface area contributed by atoms with Crippen molar-refractivity contribution in [3.8, 4) is 0 Å². The number of hydrogen-bond donors (Lipinski definition) is 1. The highest BCUT2D eigenvalue weighted by Gasteiger charge is 2.01. The van der Waals surface area contributed by atoms with Crippen LogP contribution in [0.25, 0.3) is 6.08 Å². The van der Waals surface area contributed by atoms with Crippen molar-refractivity contribution in [3.63, 3.8) is 0 Å². The zero-order valence-corrected chi connectivity index (χ0v) is 9.56. The van der Waals surface area contributed by atoms with Gasteiger partial charge in [0.05, 0.1) is 4.88 Å². The Bertz CT molecular complexity index is 393. The summed E-state index contributed by atoms with van der Waals surface area (Å²) < 4.78 is 0. The summed E-state index contributed by atoms with van der Waals surface area (Å²) in [5.41, 5.74) is 0. The lowest BCUT2D eigenvalue weighted by Gasteiger charge is -1.93. The number of ketones is 1. The van der Waals surface area contributed by atoms with Crippen LogP contribution >= 0.6 is 11.3 Å². The van der Waals surface area contributed by atoms with Crippen molar-refractivity contribution in [1.29, 1.82) is 0 Å². The van der Waals surface area contributed by atoms with Gasteiger partial charge < -0.3 is 5.32 Å². The zero-order chi connectivity index (χ0) is 11.3. The second kappa shape index (κ2) is 5.46. The highest BCUT2D eigenvalue weighted by atomic mass is 32.1. The third-order valence-electron chi connectivity index (χ3n) is 1.72. The van der Waals surface area contributed by atoms with Crippen LogP contribution in [0.5, 0.6) is 0 Å².